The number of carbonyl (C=O) groups excluding carboxylic acids is 1. The molecule has 0 radical (unpaired) electrons. The van der Waals surface area contributed by atoms with Crippen LogP contribution in [-0.2, 0) is 9.53 Å². The van der Waals surface area contributed by atoms with Gasteiger partial charge in [0.2, 0.25) is 5.16 Å². The standard InChI is InChI=1S/C17H20N4O2S/c1-3-5-10-24-17-18-19-20-21(17)13-8-6-12(7-9-13)15-11-14(4-2)23-16(15)22/h6-9,11,14H,3-5,10H2,1-2H3. The summed E-state index contributed by atoms with van der Waals surface area (Å²) in [4.78, 5) is 11.9. The lowest BCUT2D eigenvalue weighted by atomic mass is 10.1. The normalized spacial score (nSPS) is 17.0. The summed E-state index contributed by atoms with van der Waals surface area (Å²) in [7, 11) is 0. The number of hydrogen-bond acceptors (Lipinski definition) is 6. The Balaban J connectivity index is 1.78. The van der Waals surface area contributed by atoms with Gasteiger partial charge in [-0.05, 0) is 47.0 Å². The Kier molecular flexibility index (Phi) is 5.30. The number of benzene rings is 1. The minimum atomic E-state index is -0.257. The Hall–Kier alpha value is -2.15. The molecule has 1 aromatic carbocycles. The Morgan fingerprint density at radius 2 is 2.04 bits per heavy atom. The SMILES string of the molecule is CCCCSc1nnnn1-c1ccc(C2=CC(CC)OC2=O)cc1. The third kappa shape index (κ3) is 3.51. The molecule has 24 heavy (non-hydrogen) atoms. The number of unbranched alkanes of at least 4 members (excludes halogenated alkanes) is 1. The molecule has 1 aliphatic heterocycles. The number of hydrogen-bond donors (Lipinski definition) is 0. The number of nitrogens with zero attached hydrogens (tertiary/aromatic N) is 4. The Morgan fingerprint density at radius 1 is 1.25 bits per heavy atom. The molecule has 6 nitrogen and oxygen atoms in total. The molecule has 1 unspecified atom stereocenters. The molecule has 0 amide bonds. The van der Waals surface area contributed by atoms with Crippen molar-refractivity contribution in [2.75, 3.05) is 5.75 Å². The Morgan fingerprint density at radius 3 is 2.71 bits per heavy atom. The predicted molar refractivity (Wildman–Crippen MR) is 92.9 cm³/mol. The molecule has 0 fully saturated rings. The molecule has 2 aromatic rings. The van der Waals surface area contributed by atoms with E-state index in [0.717, 1.165) is 41.4 Å². The summed E-state index contributed by atoms with van der Waals surface area (Å²) in [5.74, 6) is 0.736. The van der Waals surface area contributed by atoms with Crippen LogP contribution in [0.5, 0.6) is 0 Å². The van der Waals surface area contributed by atoms with Gasteiger partial charge in [0, 0.05) is 5.75 Å². The highest BCUT2D eigenvalue weighted by Gasteiger charge is 2.25. The third-order valence-electron chi connectivity index (χ3n) is 3.83. The van der Waals surface area contributed by atoms with Crippen molar-refractivity contribution in [2.24, 2.45) is 0 Å². The van der Waals surface area contributed by atoms with Crippen LogP contribution in [0.4, 0.5) is 0 Å². The van der Waals surface area contributed by atoms with Crippen LogP contribution in [0.1, 0.15) is 38.7 Å². The van der Waals surface area contributed by atoms with E-state index in [9.17, 15) is 4.79 Å². The van der Waals surface area contributed by atoms with Gasteiger partial charge in [-0.25, -0.2) is 4.79 Å². The predicted octanol–water partition coefficient (Wildman–Crippen LogP) is 3.27. The first-order valence-corrected chi connectivity index (χ1v) is 9.16. The van der Waals surface area contributed by atoms with Gasteiger partial charge in [-0.2, -0.15) is 4.68 Å². The smallest absolute Gasteiger partial charge is 0.339 e. The van der Waals surface area contributed by atoms with Gasteiger partial charge in [0.15, 0.2) is 0 Å². The van der Waals surface area contributed by atoms with Crippen LogP contribution in [0.3, 0.4) is 0 Å². The lowest BCUT2D eigenvalue weighted by Crippen LogP contribution is -2.06. The summed E-state index contributed by atoms with van der Waals surface area (Å²) in [5, 5.41) is 12.7. The monoisotopic (exact) mass is 344 g/mol. The van der Waals surface area contributed by atoms with Gasteiger partial charge < -0.3 is 4.74 Å². The van der Waals surface area contributed by atoms with Gasteiger partial charge >= 0.3 is 5.97 Å². The fourth-order valence-electron chi connectivity index (χ4n) is 2.43. The Labute approximate surface area is 145 Å². The number of carbonyl (C=O) groups is 1. The van der Waals surface area contributed by atoms with E-state index in [0.29, 0.717) is 5.57 Å². The zero-order chi connectivity index (χ0) is 16.9. The summed E-state index contributed by atoms with van der Waals surface area (Å²) in [6.45, 7) is 4.16. The molecule has 0 saturated carbocycles. The highest BCUT2D eigenvalue weighted by Crippen LogP contribution is 2.26. The number of cyclic esters (lactones) is 1. The fourth-order valence-corrected chi connectivity index (χ4v) is 3.40. The van der Waals surface area contributed by atoms with Crippen molar-refractivity contribution in [3.8, 4) is 5.69 Å². The van der Waals surface area contributed by atoms with E-state index in [1.807, 2.05) is 37.3 Å². The molecule has 0 bridgehead atoms. The molecule has 1 atom stereocenters. The van der Waals surface area contributed by atoms with E-state index >= 15 is 0 Å². The van der Waals surface area contributed by atoms with E-state index in [4.69, 9.17) is 4.74 Å². The second kappa shape index (κ2) is 7.61. The van der Waals surface area contributed by atoms with Gasteiger partial charge in [-0.3, -0.25) is 0 Å². The van der Waals surface area contributed by atoms with Crippen molar-refractivity contribution in [3.05, 3.63) is 35.9 Å². The van der Waals surface area contributed by atoms with Crippen molar-refractivity contribution < 1.29 is 9.53 Å². The summed E-state index contributed by atoms with van der Waals surface area (Å²) in [6, 6.07) is 7.65. The maximum absolute atomic E-state index is 11.9. The van der Waals surface area contributed by atoms with Gasteiger partial charge in [-0.15, -0.1) is 5.10 Å². The molecule has 0 N–H and O–H groups in total. The minimum absolute atomic E-state index is 0.117. The molecule has 7 heteroatoms. The molecule has 2 heterocycles. The van der Waals surface area contributed by atoms with Crippen LogP contribution in [0.2, 0.25) is 0 Å². The van der Waals surface area contributed by atoms with E-state index < -0.39 is 0 Å². The van der Waals surface area contributed by atoms with Crippen LogP contribution in [0.15, 0.2) is 35.5 Å². The quantitative estimate of drug-likeness (QED) is 0.436. The topological polar surface area (TPSA) is 69.9 Å². The number of esters is 1. The molecule has 0 spiro atoms. The average molecular weight is 344 g/mol. The molecular weight excluding hydrogens is 324 g/mol. The molecule has 1 aromatic heterocycles. The second-order valence-electron chi connectivity index (χ2n) is 5.55. The lowest BCUT2D eigenvalue weighted by molar-refractivity contribution is -0.137. The maximum atomic E-state index is 11.9. The van der Waals surface area contributed by atoms with E-state index in [2.05, 4.69) is 22.4 Å². The van der Waals surface area contributed by atoms with E-state index in [1.165, 1.54) is 0 Å². The molecule has 0 aliphatic carbocycles. The number of aromatic nitrogens is 4. The van der Waals surface area contributed by atoms with Crippen LogP contribution in [-0.4, -0.2) is 38.0 Å². The van der Waals surface area contributed by atoms with E-state index in [1.54, 1.807) is 16.4 Å². The Bertz CT molecular complexity index is 739. The van der Waals surface area contributed by atoms with Crippen LogP contribution >= 0.6 is 11.8 Å². The molecule has 3 rings (SSSR count). The second-order valence-corrected chi connectivity index (χ2v) is 6.62. The average Bonchev–Trinajstić information content (AvgIpc) is 3.22. The minimum Gasteiger partial charge on any atom is -0.455 e. The van der Waals surface area contributed by atoms with Gasteiger partial charge in [0.25, 0.3) is 0 Å². The molecule has 126 valence electrons. The highest BCUT2D eigenvalue weighted by atomic mass is 32.2. The summed E-state index contributed by atoms with van der Waals surface area (Å²) in [6.07, 6.45) is 4.84. The van der Waals surface area contributed by atoms with E-state index in [-0.39, 0.29) is 12.1 Å². The van der Waals surface area contributed by atoms with Crippen LogP contribution in [0, 0.1) is 0 Å². The zero-order valence-corrected chi connectivity index (χ0v) is 14.6. The van der Waals surface area contributed by atoms with Crippen molar-refractivity contribution in [1.29, 1.82) is 0 Å². The van der Waals surface area contributed by atoms with Crippen molar-refractivity contribution in [3.63, 3.8) is 0 Å². The zero-order valence-electron chi connectivity index (χ0n) is 13.8. The molecule has 1 aliphatic rings. The molecular formula is C17H20N4O2S. The summed E-state index contributed by atoms with van der Waals surface area (Å²) >= 11 is 1.65. The summed E-state index contributed by atoms with van der Waals surface area (Å²) < 4.78 is 7.00. The van der Waals surface area contributed by atoms with Gasteiger partial charge in [0.1, 0.15) is 6.10 Å². The number of rotatable bonds is 7. The van der Waals surface area contributed by atoms with Crippen LogP contribution < -0.4 is 0 Å². The largest absolute Gasteiger partial charge is 0.455 e. The number of ether oxygens (including phenoxy) is 1. The first-order chi connectivity index (χ1) is 11.7. The number of tetrazole rings is 1. The first-order valence-electron chi connectivity index (χ1n) is 8.17. The van der Waals surface area contributed by atoms with Gasteiger partial charge in [-0.1, -0.05) is 44.2 Å². The van der Waals surface area contributed by atoms with Gasteiger partial charge in [0.05, 0.1) is 11.3 Å². The summed E-state index contributed by atoms with van der Waals surface area (Å²) in [5.41, 5.74) is 2.36. The van der Waals surface area contributed by atoms with Crippen molar-refractivity contribution in [2.45, 2.75) is 44.4 Å². The first kappa shape index (κ1) is 16.7. The number of thioether (sulfide) groups is 1. The fraction of sp³-hybridized carbons (Fsp3) is 0.412. The molecule has 0 saturated heterocycles. The highest BCUT2D eigenvalue weighted by molar-refractivity contribution is 7.99. The van der Waals surface area contributed by atoms with Crippen molar-refractivity contribution >= 4 is 23.3 Å². The van der Waals surface area contributed by atoms with Crippen LogP contribution in [0.25, 0.3) is 11.3 Å². The maximum Gasteiger partial charge on any atom is 0.339 e. The third-order valence-corrected chi connectivity index (χ3v) is 4.83. The van der Waals surface area contributed by atoms with Crippen molar-refractivity contribution in [1.82, 2.24) is 20.2 Å². The lowest BCUT2D eigenvalue weighted by Gasteiger charge is -2.06.